The lowest BCUT2D eigenvalue weighted by molar-refractivity contribution is -0.120. The Bertz CT molecular complexity index is 840. The third-order valence-electron chi connectivity index (χ3n) is 3.88. The van der Waals surface area contributed by atoms with Gasteiger partial charge in [0, 0.05) is 5.56 Å². The minimum absolute atomic E-state index is 0.235. The average molecular weight is 385 g/mol. The van der Waals surface area contributed by atoms with Crippen LogP contribution in [0.5, 0.6) is 17.2 Å². The maximum Gasteiger partial charge on any atom is 0.259 e. The second-order valence-corrected chi connectivity index (χ2v) is 5.69. The van der Waals surface area contributed by atoms with E-state index in [1.807, 2.05) is 30.3 Å². The summed E-state index contributed by atoms with van der Waals surface area (Å²) in [5, 5.41) is 6.56. The molecule has 0 unspecified atom stereocenters. The minimum atomic E-state index is -0.460. The molecule has 8 nitrogen and oxygen atoms in total. The van der Waals surface area contributed by atoms with Crippen molar-refractivity contribution < 1.29 is 23.8 Å². The molecule has 0 bridgehead atoms. The minimum Gasteiger partial charge on any atom is -0.493 e. The molecule has 0 heterocycles. The standard InChI is InChI=1S/C20H23N3O5/c1-13(14-8-6-5-7-9-14)22-23-18(24)12-21-20(25)15-10-16(26-2)19(28-4)17(11-15)27-3/h5-11H,12H2,1-4H3,(H,21,25)(H,23,24)/b22-13+. The van der Waals surface area contributed by atoms with Crippen molar-refractivity contribution in [3.05, 3.63) is 53.6 Å². The summed E-state index contributed by atoms with van der Waals surface area (Å²) in [5.74, 6) is 0.165. The van der Waals surface area contributed by atoms with Crippen molar-refractivity contribution in [2.45, 2.75) is 6.92 Å². The molecule has 2 aromatic rings. The average Bonchev–Trinajstić information content (AvgIpc) is 2.74. The van der Waals surface area contributed by atoms with E-state index < -0.39 is 11.8 Å². The van der Waals surface area contributed by atoms with Crippen LogP contribution in [0.2, 0.25) is 0 Å². The van der Waals surface area contributed by atoms with Crippen molar-refractivity contribution in [2.24, 2.45) is 5.10 Å². The van der Waals surface area contributed by atoms with Gasteiger partial charge < -0.3 is 19.5 Å². The number of hydrogen-bond donors (Lipinski definition) is 2. The Labute approximate surface area is 163 Å². The maximum atomic E-state index is 12.4. The molecule has 2 rings (SSSR count). The van der Waals surface area contributed by atoms with Crippen LogP contribution >= 0.6 is 0 Å². The lowest BCUT2D eigenvalue weighted by Crippen LogP contribution is -2.35. The van der Waals surface area contributed by atoms with Crippen LogP contribution in [0.25, 0.3) is 0 Å². The van der Waals surface area contributed by atoms with Gasteiger partial charge in [0.1, 0.15) is 0 Å². The topological polar surface area (TPSA) is 98.2 Å². The number of hydrogen-bond acceptors (Lipinski definition) is 6. The van der Waals surface area contributed by atoms with Gasteiger partial charge in [0.05, 0.1) is 33.6 Å². The molecule has 0 fully saturated rings. The van der Waals surface area contributed by atoms with Gasteiger partial charge in [-0.1, -0.05) is 30.3 Å². The number of amides is 2. The van der Waals surface area contributed by atoms with Crippen molar-refractivity contribution >= 4 is 17.5 Å². The Morgan fingerprint density at radius 3 is 2.07 bits per heavy atom. The van der Waals surface area contributed by atoms with Crippen LogP contribution in [-0.4, -0.2) is 45.4 Å². The summed E-state index contributed by atoms with van der Waals surface area (Å²) < 4.78 is 15.7. The van der Waals surface area contributed by atoms with E-state index in [4.69, 9.17) is 14.2 Å². The van der Waals surface area contributed by atoms with Crippen LogP contribution in [0.1, 0.15) is 22.8 Å². The third kappa shape index (κ3) is 5.23. The van der Waals surface area contributed by atoms with Gasteiger partial charge >= 0.3 is 0 Å². The molecule has 148 valence electrons. The van der Waals surface area contributed by atoms with Crippen molar-refractivity contribution in [3.8, 4) is 17.2 Å². The number of nitrogens with one attached hydrogen (secondary N) is 2. The van der Waals surface area contributed by atoms with Gasteiger partial charge in [-0.3, -0.25) is 9.59 Å². The van der Waals surface area contributed by atoms with Gasteiger partial charge in [0.25, 0.3) is 11.8 Å². The molecule has 0 aromatic heterocycles. The SMILES string of the molecule is COc1cc(C(=O)NCC(=O)N/N=C(\C)c2ccccc2)cc(OC)c1OC. The number of nitrogens with zero attached hydrogens (tertiary/aromatic N) is 1. The van der Waals surface area contributed by atoms with Gasteiger partial charge in [0.15, 0.2) is 11.5 Å². The molecule has 8 heteroatoms. The monoisotopic (exact) mass is 385 g/mol. The Balaban J connectivity index is 1.99. The molecule has 2 N–H and O–H groups in total. The molecule has 0 aliphatic carbocycles. The number of carbonyl (C=O) groups is 2. The molecule has 0 saturated carbocycles. The Hall–Kier alpha value is -3.55. The van der Waals surface area contributed by atoms with E-state index in [0.29, 0.717) is 23.0 Å². The second kappa shape index (κ2) is 9.96. The normalized spacial score (nSPS) is 10.8. The van der Waals surface area contributed by atoms with E-state index in [0.717, 1.165) is 5.56 Å². The summed E-state index contributed by atoms with van der Waals surface area (Å²) in [7, 11) is 4.39. The quantitative estimate of drug-likeness (QED) is 0.535. The first kappa shape index (κ1) is 20.8. The van der Waals surface area contributed by atoms with Crippen molar-refractivity contribution in [2.75, 3.05) is 27.9 Å². The van der Waals surface area contributed by atoms with E-state index in [2.05, 4.69) is 15.8 Å². The number of benzene rings is 2. The second-order valence-electron chi connectivity index (χ2n) is 5.69. The van der Waals surface area contributed by atoms with Gasteiger partial charge in [-0.25, -0.2) is 5.43 Å². The van der Waals surface area contributed by atoms with Gasteiger partial charge in [-0.2, -0.15) is 5.10 Å². The molecule has 0 aliphatic heterocycles. The molecule has 0 saturated heterocycles. The Morgan fingerprint density at radius 2 is 1.54 bits per heavy atom. The lowest BCUT2D eigenvalue weighted by atomic mass is 10.1. The van der Waals surface area contributed by atoms with E-state index in [-0.39, 0.29) is 12.1 Å². The number of carbonyl (C=O) groups excluding carboxylic acids is 2. The molecule has 0 atom stereocenters. The fourth-order valence-electron chi connectivity index (χ4n) is 2.40. The van der Waals surface area contributed by atoms with Gasteiger partial charge in [-0.15, -0.1) is 0 Å². The molecular weight excluding hydrogens is 362 g/mol. The highest BCUT2D eigenvalue weighted by Crippen LogP contribution is 2.38. The van der Waals surface area contributed by atoms with Crippen LogP contribution in [-0.2, 0) is 4.79 Å². The first-order chi connectivity index (χ1) is 13.5. The summed E-state index contributed by atoms with van der Waals surface area (Å²) in [6.07, 6.45) is 0. The maximum absolute atomic E-state index is 12.4. The van der Waals surface area contributed by atoms with E-state index in [1.165, 1.54) is 33.5 Å². The van der Waals surface area contributed by atoms with Gasteiger partial charge in [-0.05, 0) is 24.6 Å². The van der Waals surface area contributed by atoms with Crippen LogP contribution in [0.15, 0.2) is 47.6 Å². The number of methoxy groups -OCH3 is 3. The molecule has 2 aromatic carbocycles. The zero-order valence-electron chi connectivity index (χ0n) is 16.2. The predicted octanol–water partition coefficient (Wildman–Crippen LogP) is 1.98. The number of ether oxygens (including phenoxy) is 3. The highest BCUT2D eigenvalue weighted by Gasteiger charge is 2.17. The summed E-state index contributed by atoms with van der Waals surface area (Å²) in [4.78, 5) is 24.3. The van der Waals surface area contributed by atoms with Gasteiger partial charge in [0.2, 0.25) is 5.75 Å². The van der Waals surface area contributed by atoms with Crippen molar-refractivity contribution in [1.29, 1.82) is 0 Å². The third-order valence-corrected chi connectivity index (χ3v) is 3.88. The van der Waals surface area contributed by atoms with E-state index >= 15 is 0 Å². The predicted molar refractivity (Wildman–Crippen MR) is 105 cm³/mol. The summed E-state index contributed by atoms with van der Waals surface area (Å²) in [6.45, 7) is 1.55. The number of rotatable bonds is 8. The van der Waals surface area contributed by atoms with Crippen molar-refractivity contribution in [3.63, 3.8) is 0 Å². The Kier molecular flexibility index (Phi) is 7.38. The lowest BCUT2D eigenvalue weighted by Gasteiger charge is -2.14. The molecule has 0 spiro atoms. The molecule has 2 amide bonds. The molecule has 0 aliphatic rings. The van der Waals surface area contributed by atoms with Crippen LogP contribution in [0.3, 0.4) is 0 Å². The summed E-state index contributed by atoms with van der Waals surface area (Å²) >= 11 is 0. The largest absolute Gasteiger partial charge is 0.493 e. The fourth-order valence-corrected chi connectivity index (χ4v) is 2.40. The van der Waals surface area contributed by atoms with E-state index in [9.17, 15) is 9.59 Å². The molecule has 28 heavy (non-hydrogen) atoms. The first-order valence-electron chi connectivity index (χ1n) is 8.47. The number of hydrazone groups is 1. The van der Waals surface area contributed by atoms with Crippen LogP contribution in [0.4, 0.5) is 0 Å². The zero-order valence-corrected chi connectivity index (χ0v) is 16.2. The van der Waals surface area contributed by atoms with Crippen LogP contribution in [0, 0.1) is 0 Å². The molecular formula is C20H23N3O5. The molecule has 0 radical (unpaired) electrons. The smallest absolute Gasteiger partial charge is 0.259 e. The highest BCUT2D eigenvalue weighted by molar-refractivity contribution is 6.00. The van der Waals surface area contributed by atoms with Crippen molar-refractivity contribution in [1.82, 2.24) is 10.7 Å². The summed E-state index contributed by atoms with van der Waals surface area (Å²) in [5.41, 5.74) is 4.24. The van der Waals surface area contributed by atoms with E-state index in [1.54, 1.807) is 6.92 Å². The first-order valence-corrected chi connectivity index (χ1v) is 8.47. The zero-order chi connectivity index (χ0) is 20.5. The highest BCUT2D eigenvalue weighted by atomic mass is 16.5. The fraction of sp³-hybridized carbons (Fsp3) is 0.250. The van der Waals surface area contributed by atoms with Crippen LogP contribution < -0.4 is 25.0 Å². The Morgan fingerprint density at radius 1 is 0.929 bits per heavy atom. The summed E-state index contributed by atoms with van der Waals surface area (Å²) in [6, 6.07) is 12.4.